The molecule has 1 unspecified atom stereocenters. The van der Waals surface area contributed by atoms with Gasteiger partial charge >= 0.3 is 175 Å². The van der Waals surface area contributed by atoms with E-state index in [2.05, 4.69) is 102 Å². The van der Waals surface area contributed by atoms with Crippen molar-refractivity contribution < 1.29 is 9.59 Å². The third kappa shape index (κ3) is 4.21. The van der Waals surface area contributed by atoms with E-state index in [-0.39, 0.29) is 13.5 Å². The molecule has 5 aromatic carbocycles. The molecule has 1 saturated heterocycles. The van der Waals surface area contributed by atoms with E-state index in [9.17, 15) is 9.59 Å². The summed E-state index contributed by atoms with van der Waals surface area (Å²) in [6.45, 7) is 0. The first kappa shape index (κ1) is 23.8. The molecule has 2 aliphatic heterocycles. The molecule has 1 atom stereocenters. The molecule has 5 aromatic rings. The van der Waals surface area contributed by atoms with E-state index in [1.54, 1.807) is 6.08 Å². The number of benzene rings is 5. The van der Waals surface area contributed by atoms with Gasteiger partial charge in [0.1, 0.15) is 0 Å². The van der Waals surface area contributed by atoms with Crippen LogP contribution in [0.15, 0.2) is 137 Å². The van der Waals surface area contributed by atoms with Crippen molar-refractivity contribution in [2.45, 2.75) is 3.92 Å². The topological polar surface area (TPSA) is 37.4 Å². The van der Waals surface area contributed by atoms with Gasteiger partial charge in [0.15, 0.2) is 0 Å². The molecule has 7 rings (SSSR count). The molecular weight excluding hydrogens is 593 g/mol. The third-order valence-electron chi connectivity index (χ3n) is 7.22. The van der Waals surface area contributed by atoms with Gasteiger partial charge in [-0.2, -0.15) is 0 Å². The standard InChI is InChI=1S/C35H24INO2/c38-34-31(35(39)36-20-7-6-14-32(34)36)22-24-16-17-27-23-29(19-18-26(27)21-24)37(28-11-2-1-3-12-28)33-15-8-10-25-9-4-5-13-30(25)33/h1-23,32H/b31-22-. The zero-order valence-electron chi connectivity index (χ0n) is 21.0. The average Bonchev–Trinajstić information content (AvgIpc) is 3.23. The van der Waals surface area contributed by atoms with Crippen molar-refractivity contribution in [3.63, 3.8) is 0 Å². The molecule has 0 N–H and O–H groups in total. The number of nitrogens with zero attached hydrogens (tertiary/aromatic N) is 1. The number of fused-ring (bicyclic) bond motifs is 3. The van der Waals surface area contributed by atoms with E-state index in [0.29, 0.717) is 5.57 Å². The number of Topliss-reactive ketones (excluding diaryl/α,β-unsaturated/α-hetero) is 1. The van der Waals surface area contributed by atoms with Crippen molar-refractivity contribution in [2.75, 3.05) is 4.90 Å². The minimum absolute atomic E-state index is 0.0187. The first-order valence-corrected chi connectivity index (χ1v) is 16.4. The number of carbonyl (C=O) groups is 2. The molecular formula is C35H24INO2. The molecule has 0 radical (unpaired) electrons. The van der Waals surface area contributed by atoms with Gasteiger partial charge in [-0.05, 0) is 5.39 Å². The predicted molar refractivity (Wildman–Crippen MR) is 170 cm³/mol. The van der Waals surface area contributed by atoms with Gasteiger partial charge in [0, 0.05) is 0 Å². The van der Waals surface area contributed by atoms with Gasteiger partial charge in [-0.15, -0.1) is 0 Å². The Hall–Kier alpha value is -4.29. The fraction of sp³-hybridized carbons (Fsp3) is 0.0286. The summed E-state index contributed by atoms with van der Waals surface area (Å²) in [7, 11) is 0. The Morgan fingerprint density at radius 3 is 2.31 bits per heavy atom. The summed E-state index contributed by atoms with van der Waals surface area (Å²) in [6, 6.07) is 37.9. The number of rotatable bonds is 4. The Labute approximate surface area is 234 Å². The molecule has 0 aromatic heterocycles. The monoisotopic (exact) mass is 617 g/mol. The molecule has 0 aliphatic carbocycles. The SMILES string of the molecule is O=C1/C(=C/c2ccc3cc(N(c4ccccc4)c4cccc5ccccc45)ccc3c2)C(=O)I2C=CC=CC12. The summed E-state index contributed by atoms with van der Waals surface area (Å²) < 4.78 is 1.85. The molecule has 1 fully saturated rings. The Kier molecular flexibility index (Phi) is 5.97. The van der Waals surface area contributed by atoms with E-state index in [1.165, 1.54) is 10.8 Å². The Morgan fingerprint density at radius 2 is 1.44 bits per heavy atom. The number of carbonyl (C=O) groups excluding carboxylic acids is 2. The summed E-state index contributed by atoms with van der Waals surface area (Å²) in [6.07, 6.45) is 7.50. The van der Waals surface area contributed by atoms with Crippen LogP contribution >= 0.6 is 19.8 Å². The quantitative estimate of drug-likeness (QED) is 0.0665. The van der Waals surface area contributed by atoms with Crippen LogP contribution in [-0.4, -0.2) is 13.5 Å². The Balaban J connectivity index is 1.30. The number of para-hydroxylation sites is 1. The normalized spacial score (nSPS) is 18.3. The van der Waals surface area contributed by atoms with Gasteiger partial charge < -0.3 is 0 Å². The second kappa shape index (κ2) is 9.79. The Bertz CT molecular complexity index is 1830. The molecule has 2 heterocycles. The fourth-order valence-corrected chi connectivity index (χ4v) is 10.1. The second-order valence-electron chi connectivity index (χ2n) is 9.61. The minimum atomic E-state index is -2.11. The van der Waals surface area contributed by atoms with Crippen LogP contribution in [0, 0.1) is 0 Å². The van der Waals surface area contributed by atoms with Crippen LogP contribution < -0.4 is 4.90 Å². The van der Waals surface area contributed by atoms with Crippen LogP contribution in [0.1, 0.15) is 5.56 Å². The molecule has 0 bridgehead atoms. The predicted octanol–water partition coefficient (Wildman–Crippen LogP) is 8.91. The van der Waals surface area contributed by atoms with Crippen molar-refractivity contribution in [1.29, 1.82) is 0 Å². The summed E-state index contributed by atoms with van der Waals surface area (Å²) in [5.74, 6) is -0.0187. The summed E-state index contributed by atoms with van der Waals surface area (Å²) in [5, 5.41) is 4.54. The summed E-state index contributed by atoms with van der Waals surface area (Å²) >= 11 is -2.11. The first-order valence-electron chi connectivity index (χ1n) is 12.9. The van der Waals surface area contributed by atoms with Crippen LogP contribution in [0.4, 0.5) is 17.1 Å². The third-order valence-corrected chi connectivity index (χ3v) is 12.5. The summed E-state index contributed by atoms with van der Waals surface area (Å²) in [4.78, 5) is 28.2. The molecule has 0 amide bonds. The average molecular weight is 617 g/mol. The van der Waals surface area contributed by atoms with Crippen LogP contribution in [0.2, 0.25) is 0 Å². The van der Waals surface area contributed by atoms with Crippen LogP contribution in [-0.2, 0) is 9.59 Å². The van der Waals surface area contributed by atoms with Gasteiger partial charge in [-0.25, -0.2) is 0 Å². The van der Waals surface area contributed by atoms with Gasteiger partial charge in [0.25, 0.3) is 0 Å². The van der Waals surface area contributed by atoms with E-state index >= 15 is 0 Å². The fourth-order valence-electron chi connectivity index (χ4n) is 5.34. The molecule has 188 valence electrons. The van der Waals surface area contributed by atoms with E-state index in [4.69, 9.17) is 0 Å². The van der Waals surface area contributed by atoms with Crippen molar-refractivity contribution in [3.05, 3.63) is 143 Å². The molecule has 3 nitrogen and oxygen atoms in total. The molecule has 0 spiro atoms. The van der Waals surface area contributed by atoms with Gasteiger partial charge in [-0.1, -0.05) is 54.6 Å². The van der Waals surface area contributed by atoms with Crippen LogP contribution in [0.5, 0.6) is 0 Å². The maximum absolute atomic E-state index is 13.0. The number of hydrogen-bond acceptors (Lipinski definition) is 3. The number of anilines is 3. The molecule has 2 aliphatic rings. The van der Waals surface area contributed by atoms with Crippen LogP contribution in [0.3, 0.4) is 0 Å². The van der Waals surface area contributed by atoms with Crippen molar-refractivity contribution in [3.8, 4) is 0 Å². The molecule has 4 heteroatoms. The van der Waals surface area contributed by atoms with Crippen LogP contribution in [0.25, 0.3) is 27.6 Å². The van der Waals surface area contributed by atoms with Crippen molar-refractivity contribution in [2.24, 2.45) is 0 Å². The number of allylic oxidation sites excluding steroid dienone is 4. The first-order chi connectivity index (χ1) is 19.2. The number of hydrogen-bond donors (Lipinski definition) is 0. The number of alkyl halides is 1. The number of ketones is 1. The van der Waals surface area contributed by atoms with Gasteiger partial charge in [-0.3, -0.25) is 0 Å². The second-order valence-corrected chi connectivity index (χ2v) is 14.6. The zero-order valence-corrected chi connectivity index (χ0v) is 23.2. The number of halogens is 1. The maximum atomic E-state index is 13.0. The van der Waals surface area contributed by atoms with Gasteiger partial charge in [0.05, 0.1) is 0 Å². The molecule has 0 saturated carbocycles. The van der Waals surface area contributed by atoms with Gasteiger partial charge in [0.2, 0.25) is 0 Å². The van der Waals surface area contributed by atoms with E-state index in [0.717, 1.165) is 33.4 Å². The van der Waals surface area contributed by atoms with E-state index in [1.807, 2.05) is 34.4 Å². The van der Waals surface area contributed by atoms with E-state index < -0.39 is 19.8 Å². The van der Waals surface area contributed by atoms with Crippen molar-refractivity contribution >= 4 is 74.1 Å². The Morgan fingerprint density at radius 1 is 0.667 bits per heavy atom. The molecule has 39 heavy (non-hydrogen) atoms. The van der Waals surface area contributed by atoms with Crippen molar-refractivity contribution in [1.82, 2.24) is 0 Å². The summed E-state index contributed by atoms with van der Waals surface area (Å²) in [5.41, 5.74) is 4.51. The zero-order chi connectivity index (χ0) is 26.3.